The molecule has 1 N–H and O–H groups in total. The van der Waals surface area contributed by atoms with Gasteiger partial charge in [-0.2, -0.15) is 5.26 Å². The molecule has 5 rings (SSSR count). The van der Waals surface area contributed by atoms with Crippen molar-refractivity contribution in [3.05, 3.63) is 0 Å². The van der Waals surface area contributed by atoms with Crippen LogP contribution >= 0.6 is 0 Å². The smallest absolute Gasteiger partial charge is 0.241 e. The quantitative estimate of drug-likeness (QED) is 0.852. The zero-order valence-electron chi connectivity index (χ0n) is 13.1. The van der Waals surface area contributed by atoms with Crippen LogP contribution < -0.4 is 5.32 Å². The maximum atomic E-state index is 13.0. The zero-order chi connectivity index (χ0) is 15.0. The molecule has 1 amide bonds. The van der Waals surface area contributed by atoms with Crippen molar-refractivity contribution < 1.29 is 9.53 Å². The number of nitriles is 1. The summed E-state index contributed by atoms with van der Waals surface area (Å²) in [6, 6.07) is 2.69. The Morgan fingerprint density at radius 3 is 2.59 bits per heavy atom. The third-order valence-electron chi connectivity index (χ3n) is 7.85. The predicted molar refractivity (Wildman–Crippen MR) is 79.6 cm³/mol. The average Bonchev–Trinajstić information content (AvgIpc) is 2.79. The van der Waals surface area contributed by atoms with Gasteiger partial charge >= 0.3 is 0 Å². The third kappa shape index (κ3) is 1.32. The lowest BCUT2D eigenvalue weighted by molar-refractivity contribution is -0.180. The van der Waals surface area contributed by atoms with E-state index in [-0.39, 0.29) is 22.8 Å². The van der Waals surface area contributed by atoms with Crippen LogP contribution in [0, 0.1) is 33.5 Å². The van der Waals surface area contributed by atoms with E-state index in [4.69, 9.17) is 4.74 Å². The Labute approximate surface area is 131 Å². The van der Waals surface area contributed by atoms with Gasteiger partial charge in [-0.1, -0.05) is 19.3 Å². The largest absolute Gasteiger partial charge is 0.377 e. The highest BCUT2D eigenvalue weighted by Crippen LogP contribution is 2.72. The minimum Gasteiger partial charge on any atom is -0.377 e. The first-order valence-corrected chi connectivity index (χ1v) is 9.01. The van der Waals surface area contributed by atoms with Crippen LogP contribution in [0.2, 0.25) is 0 Å². The molecule has 0 radical (unpaired) electrons. The predicted octanol–water partition coefficient (Wildman–Crippen LogP) is 2.53. The van der Waals surface area contributed by atoms with Gasteiger partial charge in [-0.05, 0) is 38.5 Å². The maximum absolute atomic E-state index is 13.0. The summed E-state index contributed by atoms with van der Waals surface area (Å²) in [7, 11) is 0. The number of nitrogens with zero attached hydrogens (tertiary/aromatic N) is 1. The highest BCUT2D eigenvalue weighted by Gasteiger charge is 2.74. The molecule has 22 heavy (non-hydrogen) atoms. The number of fused-ring (bicyclic) bond motifs is 2. The summed E-state index contributed by atoms with van der Waals surface area (Å²) in [4.78, 5) is 13.0. The molecule has 0 aromatic rings. The molecule has 4 unspecified atom stereocenters. The van der Waals surface area contributed by atoms with Gasteiger partial charge in [0.25, 0.3) is 0 Å². The standard InChI is InChI=1S/C18H24N2O2/c19-11-18(10-16(18)5-1-2-6-16)15(21)20-13-12-4-9-22-14(12)17(13)7-3-8-17/h12-14H,1-10H2,(H,20,21). The number of hydrogen-bond acceptors (Lipinski definition) is 3. The fourth-order valence-electron chi connectivity index (χ4n) is 6.37. The van der Waals surface area contributed by atoms with Crippen LogP contribution in [-0.2, 0) is 9.53 Å². The topological polar surface area (TPSA) is 62.1 Å². The van der Waals surface area contributed by atoms with Crippen molar-refractivity contribution in [3.8, 4) is 6.07 Å². The van der Waals surface area contributed by atoms with Crippen LogP contribution in [0.25, 0.3) is 0 Å². The Kier molecular flexibility index (Phi) is 2.47. The molecule has 0 aromatic heterocycles. The first-order chi connectivity index (χ1) is 10.7. The lowest BCUT2D eigenvalue weighted by Crippen LogP contribution is -2.72. The molecule has 2 spiro atoms. The molecule has 1 aliphatic heterocycles. The van der Waals surface area contributed by atoms with Crippen molar-refractivity contribution in [2.24, 2.45) is 22.2 Å². The van der Waals surface area contributed by atoms with E-state index in [9.17, 15) is 10.1 Å². The lowest BCUT2D eigenvalue weighted by atomic mass is 9.46. The van der Waals surface area contributed by atoms with E-state index in [0.717, 1.165) is 32.3 Å². The van der Waals surface area contributed by atoms with E-state index < -0.39 is 5.41 Å². The Morgan fingerprint density at radius 2 is 1.95 bits per heavy atom. The molecule has 4 atom stereocenters. The summed E-state index contributed by atoms with van der Waals surface area (Å²) < 4.78 is 5.93. The summed E-state index contributed by atoms with van der Waals surface area (Å²) in [6.45, 7) is 0.844. The van der Waals surface area contributed by atoms with Gasteiger partial charge < -0.3 is 10.1 Å². The van der Waals surface area contributed by atoms with Crippen LogP contribution in [0.3, 0.4) is 0 Å². The molecular weight excluding hydrogens is 276 g/mol. The van der Waals surface area contributed by atoms with Gasteiger partial charge in [0.2, 0.25) is 5.91 Å². The third-order valence-corrected chi connectivity index (χ3v) is 7.85. The summed E-state index contributed by atoms with van der Waals surface area (Å²) in [5.74, 6) is 0.539. The van der Waals surface area contributed by atoms with Crippen molar-refractivity contribution in [3.63, 3.8) is 0 Å². The Morgan fingerprint density at radius 1 is 1.18 bits per heavy atom. The Bertz CT molecular complexity index is 570. The van der Waals surface area contributed by atoms with Crippen molar-refractivity contribution in [1.82, 2.24) is 5.32 Å². The fraction of sp³-hybridized carbons (Fsp3) is 0.889. The highest BCUT2D eigenvalue weighted by atomic mass is 16.5. The normalized spacial score (nSPS) is 45.7. The summed E-state index contributed by atoms with van der Waals surface area (Å²) in [5.41, 5.74) is -0.474. The van der Waals surface area contributed by atoms with Crippen LogP contribution in [0.4, 0.5) is 0 Å². The number of rotatable bonds is 2. The number of nitrogens with one attached hydrogen (secondary N) is 1. The zero-order valence-corrected chi connectivity index (χ0v) is 13.1. The second-order valence-corrected chi connectivity index (χ2v) is 8.46. The second-order valence-electron chi connectivity index (χ2n) is 8.46. The minimum atomic E-state index is -0.709. The van der Waals surface area contributed by atoms with Gasteiger partial charge in [0.05, 0.1) is 12.2 Å². The summed E-state index contributed by atoms with van der Waals surface area (Å²) in [6.07, 6.45) is 10.4. The van der Waals surface area contributed by atoms with E-state index in [0.29, 0.717) is 12.0 Å². The summed E-state index contributed by atoms with van der Waals surface area (Å²) >= 11 is 0. The Balaban J connectivity index is 1.36. The molecule has 4 saturated carbocycles. The van der Waals surface area contributed by atoms with Gasteiger partial charge in [-0.25, -0.2) is 0 Å². The molecule has 5 fully saturated rings. The lowest BCUT2D eigenvalue weighted by Gasteiger charge is -2.63. The highest BCUT2D eigenvalue weighted by molar-refractivity contribution is 5.90. The minimum absolute atomic E-state index is 0.0218. The number of carbonyl (C=O) groups excluding carboxylic acids is 1. The van der Waals surface area contributed by atoms with Crippen molar-refractivity contribution in [2.45, 2.75) is 69.9 Å². The van der Waals surface area contributed by atoms with Crippen molar-refractivity contribution in [2.75, 3.05) is 6.61 Å². The van der Waals surface area contributed by atoms with Crippen LogP contribution in [0.1, 0.15) is 57.8 Å². The molecule has 4 heteroatoms. The second kappa shape index (κ2) is 4.06. The fourth-order valence-corrected chi connectivity index (χ4v) is 6.37. The molecule has 4 nitrogen and oxygen atoms in total. The number of hydrogen-bond donors (Lipinski definition) is 1. The SMILES string of the molecule is N#CC1(C(=O)NC2C3CCOC3C23CCC3)CC12CCCC2. The van der Waals surface area contributed by atoms with Crippen molar-refractivity contribution in [1.29, 1.82) is 5.26 Å². The van der Waals surface area contributed by atoms with E-state index in [1.165, 1.54) is 32.1 Å². The van der Waals surface area contributed by atoms with E-state index in [1.807, 2.05) is 0 Å². The molecule has 0 aromatic carbocycles. The molecule has 118 valence electrons. The average molecular weight is 300 g/mol. The first-order valence-electron chi connectivity index (χ1n) is 9.01. The van der Waals surface area contributed by atoms with Gasteiger partial charge in [-0.15, -0.1) is 0 Å². The number of amides is 1. The monoisotopic (exact) mass is 300 g/mol. The Hall–Kier alpha value is -1.08. The molecule has 1 heterocycles. The first kappa shape index (κ1) is 13.4. The van der Waals surface area contributed by atoms with Crippen molar-refractivity contribution >= 4 is 5.91 Å². The molecule has 1 saturated heterocycles. The van der Waals surface area contributed by atoms with Gasteiger partial charge in [0.1, 0.15) is 5.41 Å². The van der Waals surface area contributed by atoms with E-state index >= 15 is 0 Å². The summed E-state index contributed by atoms with van der Waals surface area (Å²) in [5, 5.41) is 13.1. The van der Waals surface area contributed by atoms with E-state index in [2.05, 4.69) is 11.4 Å². The molecule has 0 bridgehead atoms. The number of ether oxygens (including phenoxy) is 1. The number of carbonyl (C=O) groups is 1. The van der Waals surface area contributed by atoms with Crippen LogP contribution in [-0.4, -0.2) is 24.7 Å². The van der Waals surface area contributed by atoms with Crippen LogP contribution in [0.5, 0.6) is 0 Å². The van der Waals surface area contributed by atoms with Gasteiger partial charge in [0.15, 0.2) is 0 Å². The maximum Gasteiger partial charge on any atom is 0.241 e. The molecule has 5 aliphatic rings. The molecule has 4 aliphatic carbocycles. The molecular formula is C18H24N2O2. The van der Waals surface area contributed by atoms with Gasteiger partial charge in [-0.3, -0.25) is 4.79 Å². The van der Waals surface area contributed by atoms with Gasteiger partial charge in [0, 0.05) is 29.4 Å². The van der Waals surface area contributed by atoms with Crippen LogP contribution in [0.15, 0.2) is 0 Å². The van der Waals surface area contributed by atoms with E-state index in [1.54, 1.807) is 0 Å².